The van der Waals surface area contributed by atoms with E-state index in [9.17, 15) is 13.6 Å². The maximum atomic E-state index is 13.3. The van der Waals surface area contributed by atoms with Gasteiger partial charge >= 0.3 is 6.03 Å². The first-order chi connectivity index (χ1) is 14.5. The molecule has 3 aromatic rings. The first-order valence-corrected chi connectivity index (χ1v) is 9.68. The van der Waals surface area contributed by atoms with Crippen molar-refractivity contribution in [1.29, 1.82) is 0 Å². The number of halogens is 3. The maximum Gasteiger partial charge on any atom is 0.321 e. The van der Waals surface area contributed by atoms with Gasteiger partial charge in [-0.2, -0.15) is 4.98 Å². The molecule has 0 atom stereocenters. The van der Waals surface area contributed by atoms with Crippen LogP contribution in [-0.4, -0.2) is 52.2 Å². The number of benzene rings is 2. The summed E-state index contributed by atoms with van der Waals surface area (Å²) in [7, 11) is 0. The molecule has 1 fully saturated rings. The van der Waals surface area contributed by atoms with Gasteiger partial charge in [0.1, 0.15) is 0 Å². The molecule has 0 saturated carbocycles. The number of hydrogen-bond donors (Lipinski definition) is 1. The van der Waals surface area contributed by atoms with Crippen LogP contribution in [0.3, 0.4) is 0 Å². The zero-order chi connectivity index (χ0) is 21.1. The average Bonchev–Trinajstić information content (AvgIpc) is 3.20. The number of piperazine rings is 1. The summed E-state index contributed by atoms with van der Waals surface area (Å²) in [6.07, 6.45) is 0. The van der Waals surface area contributed by atoms with E-state index in [0.29, 0.717) is 55.0 Å². The molecule has 1 N–H and O–H groups in total. The van der Waals surface area contributed by atoms with Gasteiger partial charge in [-0.05, 0) is 24.3 Å². The lowest BCUT2D eigenvalue weighted by Gasteiger charge is -2.34. The molecule has 2 amide bonds. The van der Waals surface area contributed by atoms with E-state index < -0.39 is 11.6 Å². The van der Waals surface area contributed by atoms with E-state index in [-0.39, 0.29) is 11.7 Å². The van der Waals surface area contributed by atoms with Crippen molar-refractivity contribution in [2.24, 2.45) is 0 Å². The van der Waals surface area contributed by atoms with Crippen LogP contribution in [0.2, 0.25) is 5.02 Å². The third-order valence-electron chi connectivity index (χ3n) is 4.77. The van der Waals surface area contributed by atoms with Gasteiger partial charge in [0.25, 0.3) is 5.89 Å². The highest BCUT2D eigenvalue weighted by molar-refractivity contribution is 6.33. The highest BCUT2D eigenvalue weighted by Crippen LogP contribution is 2.26. The van der Waals surface area contributed by atoms with Crippen LogP contribution in [0.4, 0.5) is 19.3 Å². The highest BCUT2D eigenvalue weighted by atomic mass is 35.5. The smallest absolute Gasteiger partial charge is 0.321 e. The van der Waals surface area contributed by atoms with Crippen molar-refractivity contribution in [2.75, 3.05) is 31.5 Å². The van der Waals surface area contributed by atoms with E-state index >= 15 is 0 Å². The second kappa shape index (κ2) is 8.76. The SMILES string of the molecule is O=C(Nc1ccc(F)c(F)c1)N1CCN(Cc2noc(-c3ccccc3Cl)n2)CC1. The van der Waals surface area contributed by atoms with E-state index in [1.165, 1.54) is 6.07 Å². The monoisotopic (exact) mass is 433 g/mol. The van der Waals surface area contributed by atoms with Crippen molar-refractivity contribution in [1.82, 2.24) is 19.9 Å². The lowest BCUT2D eigenvalue weighted by Crippen LogP contribution is -2.49. The molecule has 0 spiro atoms. The molecule has 2 aromatic carbocycles. The minimum Gasteiger partial charge on any atom is -0.334 e. The second-order valence-electron chi connectivity index (χ2n) is 6.82. The van der Waals surface area contributed by atoms with E-state index in [1.807, 2.05) is 18.2 Å². The second-order valence-corrected chi connectivity index (χ2v) is 7.23. The summed E-state index contributed by atoms with van der Waals surface area (Å²) < 4.78 is 31.6. The standard InChI is InChI=1S/C20H18ClF2N5O2/c21-15-4-2-1-3-14(15)19-25-18(26-30-19)12-27-7-9-28(10-8-27)20(29)24-13-5-6-16(22)17(23)11-13/h1-6,11H,7-10,12H2,(H,24,29). The third-order valence-corrected chi connectivity index (χ3v) is 5.10. The molecular weight excluding hydrogens is 416 g/mol. The number of carbonyl (C=O) groups is 1. The van der Waals surface area contributed by atoms with Crippen molar-refractivity contribution in [3.05, 3.63) is 64.9 Å². The Hall–Kier alpha value is -3.04. The van der Waals surface area contributed by atoms with Crippen LogP contribution in [-0.2, 0) is 6.54 Å². The highest BCUT2D eigenvalue weighted by Gasteiger charge is 2.23. The fraction of sp³-hybridized carbons (Fsp3) is 0.250. The van der Waals surface area contributed by atoms with Gasteiger partial charge in [0.2, 0.25) is 0 Å². The van der Waals surface area contributed by atoms with E-state index in [2.05, 4.69) is 20.4 Å². The molecular formula is C20H18ClF2N5O2. The van der Waals surface area contributed by atoms with Gasteiger partial charge in [0.15, 0.2) is 17.5 Å². The average molecular weight is 434 g/mol. The summed E-state index contributed by atoms with van der Waals surface area (Å²) in [5.41, 5.74) is 0.886. The molecule has 0 bridgehead atoms. The van der Waals surface area contributed by atoms with Crippen LogP contribution in [0.25, 0.3) is 11.5 Å². The Morgan fingerprint density at radius 1 is 1.10 bits per heavy atom. The molecule has 1 aliphatic rings. The number of nitrogens with zero attached hydrogens (tertiary/aromatic N) is 4. The number of carbonyl (C=O) groups excluding carboxylic acids is 1. The number of nitrogens with one attached hydrogen (secondary N) is 1. The Labute approximate surface area is 176 Å². The fourth-order valence-electron chi connectivity index (χ4n) is 3.15. The zero-order valence-corrected chi connectivity index (χ0v) is 16.6. The van der Waals surface area contributed by atoms with Crippen molar-refractivity contribution in [3.63, 3.8) is 0 Å². The van der Waals surface area contributed by atoms with Crippen molar-refractivity contribution < 1.29 is 18.1 Å². The number of hydrogen-bond acceptors (Lipinski definition) is 5. The van der Waals surface area contributed by atoms with Crippen LogP contribution in [0.15, 0.2) is 47.0 Å². The van der Waals surface area contributed by atoms with Crippen LogP contribution < -0.4 is 5.32 Å². The van der Waals surface area contributed by atoms with E-state index in [0.717, 1.165) is 12.1 Å². The maximum absolute atomic E-state index is 13.3. The van der Waals surface area contributed by atoms with Gasteiger partial charge in [-0.15, -0.1) is 0 Å². The lowest BCUT2D eigenvalue weighted by molar-refractivity contribution is 0.140. The van der Waals surface area contributed by atoms with Crippen LogP contribution in [0.1, 0.15) is 5.82 Å². The zero-order valence-electron chi connectivity index (χ0n) is 15.8. The summed E-state index contributed by atoms with van der Waals surface area (Å²) >= 11 is 6.16. The molecule has 30 heavy (non-hydrogen) atoms. The Morgan fingerprint density at radius 3 is 2.60 bits per heavy atom. The first-order valence-electron chi connectivity index (χ1n) is 9.30. The number of urea groups is 1. The van der Waals surface area contributed by atoms with Gasteiger partial charge in [-0.25, -0.2) is 13.6 Å². The summed E-state index contributed by atoms with van der Waals surface area (Å²) in [4.78, 5) is 20.5. The molecule has 0 aliphatic carbocycles. The van der Waals surface area contributed by atoms with Gasteiger partial charge in [0.05, 0.1) is 17.1 Å². The minimum atomic E-state index is -1.01. The van der Waals surface area contributed by atoms with E-state index in [4.69, 9.17) is 16.1 Å². The van der Waals surface area contributed by atoms with Crippen LogP contribution in [0, 0.1) is 11.6 Å². The number of aromatic nitrogens is 2. The summed E-state index contributed by atoms with van der Waals surface area (Å²) in [5, 5.41) is 7.12. The minimum absolute atomic E-state index is 0.209. The third kappa shape index (κ3) is 4.58. The predicted molar refractivity (Wildman–Crippen MR) is 107 cm³/mol. The fourth-order valence-corrected chi connectivity index (χ4v) is 3.36. The Balaban J connectivity index is 1.30. The Kier molecular flexibility index (Phi) is 5.91. The first kappa shape index (κ1) is 20.2. The molecule has 2 heterocycles. The molecule has 10 heteroatoms. The quantitative estimate of drug-likeness (QED) is 0.672. The summed E-state index contributed by atoms with van der Waals surface area (Å²) in [6, 6.07) is 10.1. The number of anilines is 1. The predicted octanol–water partition coefficient (Wildman–Crippen LogP) is 4.02. The number of rotatable bonds is 4. The van der Waals surface area contributed by atoms with Gasteiger partial charge in [-0.1, -0.05) is 28.9 Å². The van der Waals surface area contributed by atoms with Gasteiger partial charge in [0, 0.05) is 37.9 Å². The van der Waals surface area contributed by atoms with Crippen molar-refractivity contribution >= 4 is 23.3 Å². The topological polar surface area (TPSA) is 74.5 Å². The van der Waals surface area contributed by atoms with Crippen molar-refractivity contribution in [2.45, 2.75) is 6.54 Å². The molecule has 156 valence electrons. The molecule has 1 saturated heterocycles. The molecule has 4 rings (SSSR count). The lowest BCUT2D eigenvalue weighted by atomic mass is 10.2. The van der Waals surface area contributed by atoms with Gasteiger partial charge < -0.3 is 14.7 Å². The Bertz CT molecular complexity index is 1050. The molecule has 0 radical (unpaired) electrons. The van der Waals surface area contributed by atoms with Crippen LogP contribution >= 0.6 is 11.6 Å². The molecule has 1 aliphatic heterocycles. The normalized spacial score (nSPS) is 14.7. The van der Waals surface area contributed by atoms with Crippen molar-refractivity contribution in [3.8, 4) is 11.5 Å². The summed E-state index contributed by atoms with van der Waals surface area (Å²) in [6.45, 7) is 2.66. The largest absolute Gasteiger partial charge is 0.334 e. The number of amides is 2. The molecule has 0 unspecified atom stereocenters. The molecule has 7 nitrogen and oxygen atoms in total. The Morgan fingerprint density at radius 2 is 1.87 bits per heavy atom. The summed E-state index contributed by atoms with van der Waals surface area (Å²) in [5.74, 6) is -1.07. The van der Waals surface area contributed by atoms with Gasteiger partial charge in [-0.3, -0.25) is 4.90 Å². The van der Waals surface area contributed by atoms with E-state index in [1.54, 1.807) is 11.0 Å². The van der Waals surface area contributed by atoms with Crippen LogP contribution in [0.5, 0.6) is 0 Å². The molecule has 1 aromatic heterocycles.